The Balaban J connectivity index is 1.60. The van der Waals surface area contributed by atoms with Crippen LogP contribution in [0.15, 0.2) is 66.7 Å². The first kappa shape index (κ1) is 18.5. The largest absolute Gasteiger partial charge is 0.497 e. The Morgan fingerprint density at radius 2 is 1.63 bits per heavy atom. The van der Waals surface area contributed by atoms with Gasteiger partial charge in [0.15, 0.2) is 0 Å². The molecule has 3 aromatic rings. The van der Waals surface area contributed by atoms with Gasteiger partial charge in [-0.25, -0.2) is 0 Å². The lowest BCUT2D eigenvalue weighted by Crippen LogP contribution is -2.11. The number of rotatable bonds is 6. The highest BCUT2D eigenvalue weighted by Gasteiger charge is 2.07. The molecule has 1 amide bonds. The van der Waals surface area contributed by atoms with Crippen molar-refractivity contribution < 1.29 is 14.3 Å². The zero-order valence-electron chi connectivity index (χ0n) is 15.8. The molecule has 0 aliphatic rings. The second-order valence-electron chi connectivity index (χ2n) is 6.37. The van der Waals surface area contributed by atoms with Crippen LogP contribution in [0.4, 0.5) is 5.69 Å². The minimum absolute atomic E-state index is 0.151. The molecule has 4 nitrogen and oxygen atoms in total. The number of carbonyl (C=O) groups is 1. The number of aryl methyl sites for hydroxylation is 1. The van der Waals surface area contributed by atoms with Gasteiger partial charge in [-0.15, -0.1) is 0 Å². The predicted molar refractivity (Wildman–Crippen MR) is 108 cm³/mol. The first-order valence-corrected chi connectivity index (χ1v) is 8.80. The van der Waals surface area contributed by atoms with Gasteiger partial charge in [0, 0.05) is 11.3 Å². The van der Waals surface area contributed by atoms with Gasteiger partial charge in [0.25, 0.3) is 5.91 Å². The zero-order valence-corrected chi connectivity index (χ0v) is 15.8. The quantitative estimate of drug-likeness (QED) is 0.661. The molecule has 0 saturated heterocycles. The molecule has 0 atom stereocenters. The van der Waals surface area contributed by atoms with Crippen LogP contribution >= 0.6 is 0 Å². The zero-order chi connectivity index (χ0) is 19.2. The van der Waals surface area contributed by atoms with Gasteiger partial charge in [0.2, 0.25) is 0 Å². The number of hydrogen-bond donors (Lipinski definition) is 1. The normalized spacial score (nSPS) is 10.3. The van der Waals surface area contributed by atoms with Crippen molar-refractivity contribution in [3.05, 3.63) is 89.0 Å². The van der Waals surface area contributed by atoms with Crippen LogP contribution in [0, 0.1) is 13.8 Å². The average Bonchev–Trinajstić information content (AvgIpc) is 2.70. The summed E-state index contributed by atoms with van der Waals surface area (Å²) in [5.74, 6) is 1.49. The predicted octanol–water partition coefficient (Wildman–Crippen LogP) is 5.14. The number of ether oxygens (including phenoxy) is 2. The molecule has 4 heteroatoms. The van der Waals surface area contributed by atoms with E-state index in [-0.39, 0.29) is 5.91 Å². The first-order valence-electron chi connectivity index (χ1n) is 8.80. The van der Waals surface area contributed by atoms with Crippen molar-refractivity contribution in [1.29, 1.82) is 0 Å². The number of nitrogens with one attached hydrogen (secondary N) is 1. The molecule has 3 aromatic carbocycles. The Morgan fingerprint density at radius 3 is 2.30 bits per heavy atom. The fourth-order valence-electron chi connectivity index (χ4n) is 2.67. The molecule has 0 aromatic heterocycles. The maximum Gasteiger partial charge on any atom is 0.255 e. The molecule has 0 unspecified atom stereocenters. The monoisotopic (exact) mass is 361 g/mol. The van der Waals surface area contributed by atoms with E-state index in [1.165, 1.54) is 5.56 Å². The summed E-state index contributed by atoms with van der Waals surface area (Å²) in [6.45, 7) is 4.58. The maximum absolute atomic E-state index is 12.4. The Bertz CT molecular complexity index is 915. The molecule has 3 rings (SSSR count). The molecule has 0 bridgehead atoms. The van der Waals surface area contributed by atoms with Gasteiger partial charge in [-0.3, -0.25) is 4.79 Å². The van der Waals surface area contributed by atoms with Crippen LogP contribution in [0.5, 0.6) is 11.5 Å². The van der Waals surface area contributed by atoms with E-state index in [0.717, 1.165) is 28.3 Å². The number of carbonyl (C=O) groups excluding carboxylic acids is 1. The van der Waals surface area contributed by atoms with Crippen LogP contribution in [0.3, 0.4) is 0 Å². The van der Waals surface area contributed by atoms with Crippen molar-refractivity contribution >= 4 is 11.6 Å². The van der Waals surface area contributed by atoms with E-state index in [9.17, 15) is 4.79 Å². The fourth-order valence-corrected chi connectivity index (χ4v) is 2.67. The van der Waals surface area contributed by atoms with Crippen LogP contribution < -0.4 is 14.8 Å². The molecule has 27 heavy (non-hydrogen) atoms. The third-order valence-electron chi connectivity index (χ3n) is 4.51. The minimum atomic E-state index is -0.151. The molecular formula is C23H23NO3. The van der Waals surface area contributed by atoms with E-state index < -0.39 is 0 Å². The highest BCUT2D eigenvalue weighted by Crippen LogP contribution is 2.22. The maximum atomic E-state index is 12.4. The molecule has 138 valence electrons. The van der Waals surface area contributed by atoms with Crippen molar-refractivity contribution in [2.75, 3.05) is 12.4 Å². The van der Waals surface area contributed by atoms with E-state index in [0.29, 0.717) is 12.2 Å². The van der Waals surface area contributed by atoms with Crippen LogP contribution in [0.1, 0.15) is 27.0 Å². The van der Waals surface area contributed by atoms with Gasteiger partial charge in [-0.1, -0.05) is 24.3 Å². The van der Waals surface area contributed by atoms with Crippen LogP contribution in [-0.4, -0.2) is 13.0 Å². The lowest BCUT2D eigenvalue weighted by atomic mass is 10.1. The van der Waals surface area contributed by atoms with Gasteiger partial charge < -0.3 is 14.8 Å². The molecule has 0 radical (unpaired) electrons. The van der Waals surface area contributed by atoms with Crippen LogP contribution in [0.25, 0.3) is 0 Å². The molecule has 0 aliphatic carbocycles. The lowest BCUT2D eigenvalue weighted by Gasteiger charge is -2.11. The Kier molecular flexibility index (Phi) is 5.77. The van der Waals surface area contributed by atoms with E-state index in [2.05, 4.69) is 25.2 Å². The first-order chi connectivity index (χ1) is 13.1. The van der Waals surface area contributed by atoms with Crippen LogP contribution in [-0.2, 0) is 6.61 Å². The third-order valence-corrected chi connectivity index (χ3v) is 4.51. The van der Waals surface area contributed by atoms with Crippen LogP contribution in [0.2, 0.25) is 0 Å². The van der Waals surface area contributed by atoms with E-state index in [4.69, 9.17) is 9.47 Å². The van der Waals surface area contributed by atoms with Gasteiger partial charge in [-0.2, -0.15) is 0 Å². The minimum Gasteiger partial charge on any atom is -0.497 e. The number of benzene rings is 3. The van der Waals surface area contributed by atoms with Crippen molar-refractivity contribution in [3.8, 4) is 11.5 Å². The summed E-state index contributed by atoms with van der Waals surface area (Å²) in [5, 5.41) is 2.87. The van der Waals surface area contributed by atoms with Crippen molar-refractivity contribution in [3.63, 3.8) is 0 Å². The van der Waals surface area contributed by atoms with E-state index >= 15 is 0 Å². The van der Waals surface area contributed by atoms with E-state index in [1.54, 1.807) is 19.2 Å². The van der Waals surface area contributed by atoms with Gasteiger partial charge in [-0.05, 0) is 73.0 Å². The van der Waals surface area contributed by atoms with Gasteiger partial charge in [0.05, 0.1) is 7.11 Å². The highest BCUT2D eigenvalue weighted by molar-refractivity contribution is 6.04. The number of amides is 1. The highest BCUT2D eigenvalue weighted by atomic mass is 16.5. The molecule has 0 saturated carbocycles. The van der Waals surface area contributed by atoms with Crippen molar-refractivity contribution in [2.24, 2.45) is 0 Å². The number of hydrogen-bond acceptors (Lipinski definition) is 3. The molecule has 1 N–H and O–H groups in total. The Labute approximate surface area is 159 Å². The average molecular weight is 361 g/mol. The fraction of sp³-hybridized carbons (Fsp3) is 0.174. The van der Waals surface area contributed by atoms with Gasteiger partial charge >= 0.3 is 0 Å². The Hall–Kier alpha value is -3.27. The lowest BCUT2D eigenvalue weighted by molar-refractivity contribution is 0.102. The second-order valence-corrected chi connectivity index (χ2v) is 6.37. The third kappa shape index (κ3) is 4.67. The summed E-state index contributed by atoms with van der Waals surface area (Å²) in [4.78, 5) is 12.4. The molecular weight excluding hydrogens is 338 g/mol. The van der Waals surface area contributed by atoms with Crippen molar-refractivity contribution in [1.82, 2.24) is 0 Å². The SMILES string of the molecule is COc1ccc(NC(=O)c2ccc(COc3cccc(C)c3C)cc2)cc1. The van der Waals surface area contributed by atoms with Gasteiger partial charge in [0.1, 0.15) is 18.1 Å². The number of anilines is 1. The topological polar surface area (TPSA) is 47.6 Å². The molecule has 0 aliphatic heterocycles. The summed E-state index contributed by atoms with van der Waals surface area (Å²) < 4.78 is 11.0. The summed E-state index contributed by atoms with van der Waals surface area (Å²) in [6.07, 6.45) is 0. The summed E-state index contributed by atoms with van der Waals surface area (Å²) in [6, 6.07) is 20.7. The molecule has 0 spiro atoms. The summed E-state index contributed by atoms with van der Waals surface area (Å²) in [5.41, 5.74) is 4.69. The van der Waals surface area contributed by atoms with Crippen molar-refractivity contribution in [2.45, 2.75) is 20.5 Å². The second kappa shape index (κ2) is 8.41. The van der Waals surface area contributed by atoms with E-state index in [1.807, 2.05) is 48.5 Å². The summed E-state index contributed by atoms with van der Waals surface area (Å²) in [7, 11) is 1.61. The number of methoxy groups -OCH3 is 1. The molecule has 0 heterocycles. The Morgan fingerprint density at radius 1 is 0.926 bits per heavy atom. The smallest absolute Gasteiger partial charge is 0.255 e. The standard InChI is InChI=1S/C23H23NO3/c1-16-5-4-6-22(17(16)2)27-15-18-7-9-19(10-8-18)23(25)24-20-11-13-21(26-3)14-12-20/h4-14H,15H2,1-3H3,(H,24,25). The summed E-state index contributed by atoms with van der Waals surface area (Å²) >= 11 is 0. The molecule has 0 fully saturated rings.